The fourth-order valence-corrected chi connectivity index (χ4v) is 5.22. The number of furan rings is 1. The van der Waals surface area contributed by atoms with Gasteiger partial charge in [0.25, 0.3) is 5.91 Å². The fraction of sp³-hybridized carbons (Fsp3) is 0.609. The van der Waals surface area contributed by atoms with E-state index >= 15 is 0 Å². The molecule has 0 aromatic carbocycles. The second-order valence-electron chi connectivity index (χ2n) is 8.92. The van der Waals surface area contributed by atoms with E-state index < -0.39 is 0 Å². The number of piperidine rings is 1. The summed E-state index contributed by atoms with van der Waals surface area (Å²) in [5.41, 5.74) is 4.18. The van der Waals surface area contributed by atoms with Gasteiger partial charge in [0.15, 0.2) is 0 Å². The number of carbonyl (C=O) groups is 1. The predicted octanol–water partition coefficient (Wildman–Crippen LogP) is 3.26. The topological polar surface area (TPSA) is 62.5 Å². The number of amides is 1. The average molecular weight is 395 g/mol. The molecule has 1 unspecified atom stereocenters. The number of carbonyl (C=O) groups excluding carboxylic acids is 1. The average Bonchev–Trinajstić information content (AvgIpc) is 3.08. The summed E-state index contributed by atoms with van der Waals surface area (Å²) in [6, 6.07) is 0. The third-order valence-electron chi connectivity index (χ3n) is 6.79. The van der Waals surface area contributed by atoms with Crippen LogP contribution in [0.25, 0.3) is 0 Å². The maximum absolute atomic E-state index is 13.3. The monoisotopic (exact) mass is 394 g/mol. The molecular formula is C23H30N4O2. The van der Waals surface area contributed by atoms with E-state index in [0.29, 0.717) is 19.0 Å². The lowest BCUT2D eigenvalue weighted by Gasteiger charge is -2.31. The second kappa shape index (κ2) is 7.56. The normalized spacial score (nSPS) is 22.3. The van der Waals surface area contributed by atoms with Gasteiger partial charge in [-0.05, 0) is 52.6 Å². The van der Waals surface area contributed by atoms with Crippen molar-refractivity contribution in [3.8, 4) is 0 Å². The first-order chi connectivity index (χ1) is 14.1. The van der Waals surface area contributed by atoms with Crippen LogP contribution in [0.15, 0.2) is 10.6 Å². The highest BCUT2D eigenvalue weighted by atomic mass is 16.3. The van der Waals surface area contributed by atoms with Crippen molar-refractivity contribution in [2.45, 2.75) is 64.3 Å². The van der Waals surface area contributed by atoms with Gasteiger partial charge < -0.3 is 14.2 Å². The van der Waals surface area contributed by atoms with Gasteiger partial charge in [-0.2, -0.15) is 0 Å². The summed E-state index contributed by atoms with van der Waals surface area (Å²) < 4.78 is 5.93. The zero-order chi connectivity index (χ0) is 20.0. The van der Waals surface area contributed by atoms with E-state index in [-0.39, 0.29) is 5.91 Å². The molecule has 0 spiro atoms. The quantitative estimate of drug-likeness (QED) is 0.782. The zero-order valence-electron chi connectivity index (χ0n) is 17.5. The predicted molar refractivity (Wildman–Crippen MR) is 110 cm³/mol. The summed E-state index contributed by atoms with van der Waals surface area (Å²) in [7, 11) is 2.17. The van der Waals surface area contributed by atoms with Crippen LogP contribution in [0.5, 0.6) is 0 Å². The number of hydrogen-bond acceptors (Lipinski definition) is 5. The SMILES string of the molecule is Cc1oc2c(c1C(=O)N1CCc3nc(C4CCCN(C)C4)ncc3C1)CCCC2. The van der Waals surface area contributed by atoms with Crippen molar-refractivity contribution in [3.05, 3.63) is 45.9 Å². The van der Waals surface area contributed by atoms with Gasteiger partial charge in [0.1, 0.15) is 17.3 Å². The Kier molecular flexibility index (Phi) is 4.90. The minimum atomic E-state index is 0.109. The highest BCUT2D eigenvalue weighted by Crippen LogP contribution is 2.32. The molecule has 1 amide bonds. The van der Waals surface area contributed by atoms with E-state index in [1.807, 2.05) is 18.0 Å². The van der Waals surface area contributed by atoms with Crippen LogP contribution in [0.2, 0.25) is 0 Å². The Balaban J connectivity index is 1.35. The van der Waals surface area contributed by atoms with Gasteiger partial charge in [0.2, 0.25) is 0 Å². The molecule has 1 saturated heterocycles. The van der Waals surface area contributed by atoms with Crippen LogP contribution in [-0.4, -0.2) is 52.4 Å². The van der Waals surface area contributed by atoms with Crippen LogP contribution >= 0.6 is 0 Å². The smallest absolute Gasteiger partial charge is 0.257 e. The van der Waals surface area contributed by atoms with Crippen LogP contribution < -0.4 is 0 Å². The molecule has 4 heterocycles. The molecule has 2 aromatic rings. The van der Waals surface area contributed by atoms with E-state index in [0.717, 1.165) is 84.9 Å². The molecule has 6 heteroatoms. The summed E-state index contributed by atoms with van der Waals surface area (Å²) in [5.74, 6) is 3.33. The first-order valence-electron chi connectivity index (χ1n) is 11.0. The Morgan fingerprint density at radius 1 is 1.17 bits per heavy atom. The third kappa shape index (κ3) is 3.48. The van der Waals surface area contributed by atoms with E-state index in [1.165, 1.54) is 12.8 Å². The lowest BCUT2D eigenvalue weighted by Crippen LogP contribution is -2.37. The van der Waals surface area contributed by atoms with Crippen LogP contribution in [0, 0.1) is 6.92 Å². The van der Waals surface area contributed by atoms with Crippen molar-refractivity contribution < 1.29 is 9.21 Å². The highest BCUT2D eigenvalue weighted by Gasteiger charge is 2.31. The molecule has 2 aliphatic heterocycles. The Hall–Kier alpha value is -2.21. The van der Waals surface area contributed by atoms with Crippen molar-refractivity contribution in [1.82, 2.24) is 19.8 Å². The molecule has 6 nitrogen and oxygen atoms in total. The number of hydrogen-bond donors (Lipinski definition) is 0. The second-order valence-corrected chi connectivity index (χ2v) is 8.92. The summed E-state index contributed by atoms with van der Waals surface area (Å²) in [6.07, 6.45) is 9.35. The number of aromatic nitrogens is 2. The molecule has 1 atom stereocenters. The lowest BCUT2D eigenvalue weighted by molar-refractivity contribution is 0.0730. The van der Waals surface area contributed by atoms with Crippen molar-refractivity contribution in [3.63, 3.8) is 0 Å². The summed E-state index contributed by atoms with van der Waals surface area (Å²) in [5, 5.41) is 0. The molecule has 0 saturated carbocycles. The van der Waals surface area contributed by atoms with E-state index in [9.17, 15) is 4.79 Å². The molecule has 1 aliphatic carbocycles. The van der Waals surface area contributed by atoms with Crippen molar-refractivity contribution in [2.24, 2.45) is 0 Å². The number of likely N-dealkylation sites (N-methyl/N-ethyl adjacent to an activating group) is 1. The molecule has 1 fully saturated rings. The minimum Gasteiger partial charge on any atom is -0.465 e. The van der Waals surface area contributed by atoms with Gasteiger partial charge in [-0.25, -0.2) is 9.97 Å². The number of aryl methyl sites for hydroxylation is 2. The highest BCUT2D eigenvalue weighted by molar-refractivity contribution is 5.97. The van der Waals surface area contributed by atoms with Crippen molar-refractivity contribution in [2.75, 3.05) is 26.7 Å². The summed E-state index contributed by atoms with van der Waals surface area (Å²) in [4.78, 5) is 27.3. The Morgan fingerprint density at radius 2 is 2.03 bits per heavy atom. The Labute approximate surface area is 172 Å². The first kappa shape index (κ1) is 18.8. The lowest BCUT2D eigenvalue weighted by atomic mass is 9.93. The van der Waals surface area contributed by atoms with Crippen molar-refractivity contribution >= 4 is 5.91 Å². The molecule has 3 aliphatic rings. The van der Waals surface area contributed by atoms with Gasteiger partial charge in [-0.15, -0.1) is 0 Å². The molecule has 29 heavy (non-hydrogen) atoms. The number of rotatable bonds is 2. The molecule has 2 aromatic heterocycles. The van der Waals surface area contributed by atoms with E-state index in [2.05, 4.69) is 11.9 Å². The van der Waals surface area contributed by atoms with Crippen LogP contribution in [0.1, 0.15) is 76.1 Å². The Morgan fingerprint density at radius 3 is 2.90 bits per heavy atom. The Bertz CT molecular complexity index is 935. The third-order valence-corrected chi connectivity index (χ3v) is 6.79. The van der Waals surface area contributed by atoms with Crippen LogP contribution in [-0.2, 0) is 25.8 Å². The maximum atomic E-state index is 13.3. The van der Waals surface area contributed by atoms with Gasteiger partial charge >= 0.3 is 0 Å². The van der Waals surface area contributed by atoms with E-state index in [4.69, 9.17) is 14.4 Å². The molecule has 0 N–H and O–H groups in total. The van der Waals surface area contributed by atoms with Crippen molar-refractivity contribution in [1.29, 1.82) is 0 Å². The molecule has 154 valence electrons. The fourth-order valence-electron chi connectivity index (χ4n) is 5.22. The number of nitrogens with zero attached hydrogens (tertiary/aromatic N) is 4. The zero-order valence-corrected chi connectivity index (χ0v) is 17.5. The summed E-state index contributed by atoms with van der Waals surface area (Å²) >= 11 is 0. The minimum absolute atomic E-state index is 0.109. The molecule has 0 bridgehead atoms. The van der Waals surface area contributed by atoms with Gasteiger partial charge in [0, 0.05) is 55.7 Å². The first-order valence-corrected chi connectivity index (χ1v) is 11.0. The largest absolute Gasteiger partial charge is 0.465 e. The number of likely N-dealkylation sites (tertiary alicyclic amines) is 1. The molecular weight excluding hydrogens is 364 g/mol. The maximum Gasteiger partial charge on any atom is 0.257 e. The van der Waals surface area contributed by atoms with Gasteiger partial charge in [0.05, 0.1) is 11.3 Å². The van der Waals surface area contributed by atoms with Crippen LogP contribution in [0.3, 0.4) is 0 Å². The molecule has 5 rings (SSSR count). The van der Waals surface area contributed by atoms with Gasteiger partial charge in [-0.1, -0.05) is 0 Å². The summed E-state index contributed by atoms with van der Waals surface area (Å²) in [6.45, 7) is 5.44. The number of fused-ring (bicyclic) bond motifs is 2. The van der Waals surface area contributed by atoms with Crippen LogP contribution in [0.4, 0.5) is 0 Å². The van der Waals surface area contributed by atoms with E-state index in [1.54, 1.807) is 0 Å². The van der Waals surface area contributed by atoms with Gasteiger partial charge in [-0.3, -0.25) is 4.79 Å². The standard InChI is InChI=1S/C23H30N4O2/c1-15-21(18-7-3-4-8-20(18)29-15)23(28)27-11-9-19-17(14-27)12-24-22(25-19)16-6-5-10-26(2)13-16/h12,16H,3-11,13-14H2,1-2H3. The molecule has 0 radical (unpaired) electrons.